The number of ether oxygens (including phenoxy) is 1. The summed E-state index contributed by atoms with van der Waals surface area (Å²) in [5.41, 5.74) is 0.560. The summed E-state index contributed by atoms with van der Waals surface area (Å²) in [6.45, 7) is 3.35. The molecule has 2 rings (SSSR count). The SMILES string of the molecule is COc1ccc(S(=O)(=O)NCCC(=O)Nc2cc(C)on2)c(C)c1. The first-order valence-electron chi connectivity index (χ1n) is 7.19. The van der Waals surface area contributed by atoms with E-state index in [0.29, 0.717) is 22.9 Å². The van der Waals surface area contributed by atoms with Crippen molar-refractivity contribution in [3.8, 4) is 5.75 Å². The van der Waals surface area contributed by atoms with Gasteiger partial charge in [0.05, 0.1) is 12.0 Å². The highest BCUT2D eigenvalue weighted by molar-refractivity contribution is 7.89. The van der Waals surface area contributed by atoms with E-state index in [0.717, 1.165) is 0 Å². The van der Waals surface area contributed by atoms with Crippen LogP contribution in [-0.2, 0) is 14.8 Å². The van der Waals surface area contributed by atoms with Crippen LogP contribution in [0.25, 0.3) is 0 Å². The fourth-order valence-corrected chi connectivity index (χ4v) is 3.31. The van der Waals surface area contributed by atoms with Gasteiger partial charge in [0.25, 0.3) is 0 Å². The Labute approximate surface area is 140 Å². The van der Waals surface area contributed by atoms with Crippen molar-refractivity contribution in [2.24, 2.45) is 0 Å². The van der Waals surface area contributed by atoms with Crippen molar-refractivity contribution in [3.63, 3.8) is 0 Å². The Balaban J connectivity index is 1.92. The summed E-state index contributed by atoms with van der Waals surface area (Å²) >= 11 is 0. The van der Waals surface area contributed by atoms with Crippen LogP contribution in [0.5, 0.6) is 5.75 Å². The molecule has 0 radical (unpaired) electrons. The first-order chi connectivity index (χ1) is 11.3. The summed E-state index contributed by atoms with van der Waals surface area (Å²) in [5, 5.41) is 6.15. The molecule has 9 heteroatoms. The normalized spacial score (nSPS) is 11.3. The molecular weight excluding hydrogens is 334 g/mol. The molecule has 0 bridgehead atoms. The second-order valence-corrected chi connectivity index (χ2v) is 6.89. The molecule has 1 aromatic carbocycles. The molecule has 8 nitrogen and oxygen atoms in total. The van der Waals surface area contributed by atoms with Gasteiger partial charge < -0.3 is 14.6 Å². The summed E-state index contributed by atoms with van der Waals surface area (Å²) in [5.74, 6) is 1.08. The third-order valence-corrected chi connectivity index (χ3v) is 4.83. The first kappa shape index (κ1) is 18.0. The number of rotatable bonds is 7. The Morgan fingerprint density at radius 2 is 2.04 bits per heavy atom. The Hall–Kier alpha value is -2.39. The number of carbonyl (C=O) groups excluding carboxylic acids is 1. The summed E-state index contributed by atoms with van der Waals surface area (Å²) in [7, 11) is -2.19. The van der Waals surface area contributed by atoms with Crippen molar-refractivity contribution >= 4 is 21.7 Å². The van der Waals surface area contributed by atoms with E-state index in [2.05, 4.69) is 15.2 Å². The second kappa shape index (κ2) is 7.45. The molecule has 2 N–H and O–H groups in total. The third kappa shape index (κ3) is 4.56. The van der Waals surface area contributed by atoms with Crippen LogP contribution in [-0.4, -0.2) is 33.1 Å². The Morgan fingerprint density at radius 1 is 1.29 bits per heavy atom. The van der Waals surface area contributed by atoms with Gasteiger partial charge >= 0.3 is 0 Å². The average molecular weight is 353 g/mol. The van der Waals surface area contributed by atoms with Gasteiger partial charge in [-0.25, -0.2) is 13.1 Å². The molecule has 0 saturated heterocycles. The molecular formula is C15H19N3O5S. The van der Waals surface area contributed by atoms with Gasteiger partial charge in [0, 0.05) is 19.0 Å². The number of aryl methyl sites for hydroxylation is 2. The summed E-state index contributed by atoms with van der Waals surface area (Å²) in [6, 6.07) is 6.24. The van der Waals surface area contributed by atoms with E-state index in [9.17, 15) is 13.2 Å². The number of benzene rings is 1. The molecule has 130 valence electrons. The fraction of sp³-hybridized carbons (Fsp3) is 0.333. The number of amides is 1. The van der Waals surface area contributed by atoms with Crippen molar-refractivity contribution in [1.29, 1.82) is 0 Å². The lowest BCUT2D eigenvalue weighted by atomic mass is 10.2. The van der Waals surface area contributed by atoms with E-state index in [1.165, 1.54) is 13.2 Å². The summed E-state index contributed by atoms with van der Waals surface area (Å²) in [6.07, 6.45) is -0.0274. The van der Waals surface area contributed by atoms with Crippen LogP contribution in [0.1, 0.15) is 17.7 Å². The van der Waals surface area contributed by atoms with Crippen molar-refractivity contribution in [2.45, 2.75) is 25.2 Å². The third-order valence-electron chi connectivity index (χ3n) is 3.21. The minimum Gasteiger partial charge on any atom is -0.497 e. The number of carbonyl (C=O) groups is 1. The lowest BCUT2D eigenvalue weighted by molar-refractivity contribution is -0.116. The summed E-state index contributed by atoms with van der Waals surface area (Å²) in [4.78, 5) is 11.9. The largest absolute Gasteiger partial charge is 0.497 e. The highest BCUT2D eigenvalue weighted by atomic mass is 32.2. The lowest BCUT2D eigenvalue weighted by Crippen LogP contribution is -2.28. The van der Waals surface area contributed by atoms with Crippen molar-refractivity contribution in [2.75, 3.05) is 19.0 Å². The maximum Gasteiger partial charge on any atom is 0.240 e. The van der Waals surface area contributed by atoms with E-state index in [1.54, 1.807) is 32.0 Å². The number of sulfonamides is 1. The first-order valence-corrected chi connectivity index (χ1v) is 8.67. The molecule has 1 aromatic heterocycles. The molecule has 24 heavy (non-hydrogen) atoms. The molecule has 2 aromatic rings. The number of methoxy groups -OCH3 is 1. The number of nitrogens with zero attached hydrogens (tertiary/aromatic N) is 1. The predicted octanol–water partition coefficient (Wildman–Crippen LogP) is 1.61. The maximum absolute atomic E-state index is 12.3. The molecule has 0 aliphatic carbocycles. The van der Waals surface area contributed by atoms with E-state index in [4.69, 9.17) is 9.26 Å². The van der Waals surface area contributed by atoms with Crippen molar-refractivity contribution in [1.82, 2.24) is 9.88 Å². The predicted molar refractivity (Wildman–Crippen MR) is 87.4 cm³/mol. The fourth-order valence-electron chi connectivity index (χ4n) is 2.06. The second-order valence-electron chi connectivity index (χ2n) is 5.15. The van der Waals surface area contributed by atoms with Crippen molar-refractivity contribution < 1.29 is 22.5 Å². The Kier molecular flexibility index (Phi) is 5.58. The molecule has 0 atom stereocenters. The number of aromatic nitrogens is 1. The van der Waals surface area contributed by atoms with Crippen LogP contribution in [0.15, 0.2) is 33.7 Å². The van der Waals surface area contributed by atoms with Gasteiger partial charge in [-0.05, 0) is 37.6 Å². The molecule has 0 fully saturated rings. The zero-order valence-corrected chi connectivity index (χ0v) is 14.4. The highest BCUT2D eigenvalue weighted by Crippen LogP contribution is 2.20. The standard InChI is InChI=1S/C15H19N3O5S/c1-10-8-12(22-3)4-5-13(10)24(20,21)16-7-6-15(19)17-14-9-11(2)23-18-14/h4-5,8-9,16H,6-7H2,1-3H3,(H,17,18,19). The van der Waals surface area contributed by atoms with Gasteiger partial charge in [0.2, 0.25) is 15.9 Å². The van der Waals surface area contributed by atoms with Gasteiger partial charge in [0.1, 0.15) is 11.5 Å². The molecule has 0 spiro atoms. The van der Waals surface area contributed by atoms with Gasteiger partial charge in [-0.2, -0.15) is 0 Å². The smallest absolute Gasteiger partial charge is 0.240 e. The highest BCUT2D eigenvalue weighted by Gasteiger charge is 2.17. The van der Waals surface area contributed by atoms with Crippen LogP contribution in [0.2, 0.25) is 0 Å². The lowest BCUT2D eigenvalue weighted by Gasteiger charge is -2.10. The molecule has 1 heterocycles. The number of nitrogens with one attached hydrogen (secondary N) is 2. The van der Waals surface area contributed by atoms with Gasteiger partial charge in [-0.1, -0.05) is 5.16 Å². The quantitative estimate of drug-likeness (QED) is 0.782. The van der Waals surface area contributed by atoms with Gasteiger partial charge in [-0.3, -0.25) is 4.79 Å². The molecule has 0 unspecified atom stereocenters. The summed E-state index contributed by atoms with van der Waals surface area (Å²) < 4.78 is 36.9. The minimum atomic E-state index is -3.70. The van der Waals surface area contributed by atoms with Crippen LogP contribution in [0, 0.1) is 13.8 Å². The number of hydrogen-bond acceptors (Lipinski definition) is 6. The van der Waals surface area contributed by atoms with Crippen molar-refractivity contribution in [3.05, 3.63) is 35.6 Å². The van der Waals surface area contributed by atoms with E-state index < -0.39 is 10.0 Å². The number of anilines is 1. The molecule has 0 aliphatic rings. The molecule has 0 aliphatic heterocycles. The van der Waals surface area contributed by atoms with Gasteiger partial charge in [0.15, 0.2) is 5.82 Å². The van der Waals surface area contributed by atoms with E-state index in [-0.39, 0.29) is 23.8 Å². The Morgan fingerprint density at radius 3 is 2.62 bits per heavy atom. The maximum atomic E-state index is 12.3. The van der Waals surface area contributed by atoms with E-state index in [1.807, 2.05) is 0 Å². The zero-order chi connectivity index (χ0) is 17.7. The Bertz CT molecular complexity index is 829. The van der Waals surface area contributed by atoms with Crippen LogP contribution >= 0.6 is 0 Å². The monoisotopic (exact) mass is 353 g/mol. The minimum absolute atomic E-state index is 0.0274. The van der Waals surface area contributed by atoms with E-state index >= 15 is 0 Å². The van der Waals surface area contributed by atoms with Crippen LogP contribution < -0.4 is 14.8 Å². The molecule has 1 amide bonds. The zero-order valence-electron chi connectivity index (χ0n) is 13.6. The topological polar surface area (TPSA) is 111 Å². The number of hydrogen-bond donors (Lipinski definition) is 2. The molecule has 0 saturated carbocycles. The van der Waals surface area contributed by atoms with Crippen LogP contribution in [0.4, 0.5) is 5.82 Å². The van der Waals surface area contributed by atoms with Gasteiger partial charge in [-0.15, -0.1) is 0 Å². The average Bonchev–Trinajstić information content (AvgIpc) is 2.91. The van der Waals surface area contributed by atoms with Crippen LogP contribution in [0.3, 0.4) is 0 Å².